The lowest BCUT2D eigenvalue weighted by molar-refractivity contribution is -0.142. The van der Waals surface area contributed by atoms with Gasteiger partial charge in [0.05, 0.1) is 0 Å². The predicted molar refractivity (Wildman–Crippen MR) is 159 cm³/mol. The van der Waals surface area contributed by atoms with Crippen molar-refractivity contribution in [3.8, 4) is 0 Å². The van der Waals surface area contributed by atoms with Crippen LogP contribution in [0.5, 0.6) is 0 Å². The first-order chi connectivity index (χ1) is 19.9. The topological polar surface area (TPSA) is 122 Å². The zero-order valence-electron chi connectivity index (χ0n) is 22.9. The van der Waals surface area contributed by atoms with Crippen molar-refractivity contribution in [1.82, 2.24) is 10.2 Å². The van der Waals surface area contributed by atoms with Gasteiger partial charge in [-0.3, -0.25) is 19.2 Å². The Morgan fingerprint density at radius 1 is 0.902 bits per heavy atom. The Bertz CT molecular complexity index is 1380. The van der Waals surface area contributed by atoms with E-state index in [4.69, 9.17) is 17.3 Å². The molecule has 41 heavy (non-hydrogen) atoms. The molecule has 0 aromatic heterocycles. The number of rotatable bonds is 12. The average Bonchev–Trinajstić information content (AvgIpc) is 2.99. The van der Waals surface area contributed by atoms with Gasteiger partial charge in [-0.05, 0) is 55.1 Å². The standard InChI is InChI=1S/C32H35ClN4O4/c33-25-13-8-14-26(20-25)35-31(40)27(15-6-7-18-34)36-32(41)28-19-23-11-4-5-12-24(23)21-37(28)30(39)17-16-29(38)22-9-2-1-3-10-22/h1-5,8-14,20,27-28H,6-7,15-19,21,34H2,(H,35,40)(H,36,41)/t27-,28-/m0/s1. The minimum absolute atomic E-state index is 0.0190. The molecule has 1 aliphatic heterocycles. The van der Waals surface area contributed by atoms with E-state index in [1.54, 1.807) is 48.5 Å². The maximum Gasteiger partial charge on any atom is 0.246 e. The number of Topliss-reactive ketones (excluding diaryl/α,β-unsaturated/α-hetero) is 1. The Balaban J connectivity index is 1.50. The van der Waals surface area contributed by atoms with Crippen molar-refractivity contribution in [1.29, 1.82) is 0 Å². The highest BCUT2D eigenvalue weighted by Gasteiger charge is 2.36. The van der Waals surface area contributed by atoms with Gasteiger partial charge in [-0.1, -0.05) is 72.3 Å². The lowest BCUT2D eigenvalue weighted by Crippen LogP contribution is -2.56. The van der Waals surface area contributed by atoms with Gasteiger partial charge in [-0.25, -0.2) is 0 Å². The summed E-state index contributed by atoms with van der Waals surface area (Å²) in [6.45, 7) is 0.721. The fourth-order valence-electron chi connectivity index (χ4n) is 4.98. The third-order valence-corrected chi connectivity index (χ3v) is 7.44. The van der Waals surface area contributed by atoms with Crippen molar-refractivity contribution in [3.05, 3.63) is 101 Å². The molecule has 0 aliphatic carbocycles. The number of nitrogens with one attached hydrogen (secondary N) is 2. The van der Waals surface area contributed by atoms with Crippen LogP contribution in [0.25, 0.3) is 0 Å². The Morgan fingerprint density at radius 3 is 2.37 bits per heavy atom. The van der Waals surface area contributed by atoms with Crippen molar-refractivity contribution in [3.63, 3.8) is 0 Å². The SMILES string of the molecule is NCCCC[C@H](NC(=O)[C@@H]1Cc2ccccc2CN1C(=O)CCC(=O)c1ccccc1)C(=O)Nc1cccc(Cl)c1. The molecule has 2 atom stereocenters. The maximum absolute atomic E-state index is 13.7. The summed E-state index contributed by atoms with van der Waals surface area (Å²) in [5.74, 6) is -1.21. The van der Waals surface area contributed by atoms with E-state index in [2.05, 4.69) is 10.6 Å². The second-order valence-electron chi connectivity index (χ2n) is 10.1. The highest BCUT2D eigenvalue weighted by atomic mass is 35.5. The zero-order chi connectivity index (χ0) is 29.2. The molecular weight excluding hydrogens is 540 g/mol. The fraction of sp³-hybridized carbons (Fsp3) is 0.312. The predicted octanol–water partition coefficient (Wildman–Crippen LogP) is 4.51. The quantitative estimate of drug-likeness (QED) is 0.217. The van der Waals surface area contributed by atoms with E-state index in [1.165, 1.54) is 4.90 Å². The number of halogens is 1. The number of nitrogens with two attached hydrogens (primary N) is 1. The number of amides is 3. The Morgan fingerprint density at radius 2 is 1.63 bits per heavy atom. The van der Waals surface area contributed by atoms with Crippen LogP contribution in [0.3, 0.4) is 0 Å². The Hall–Kier alpha value is -4.01. The molecule has 9 heteroatoms. The molecule has 3 aromatic carbocycles. The largest absolute Gasteiger partial charge is 0.342 e. The molecule has 4 rings (SSSR count). The molecule has 3 amide bonds. The summed E-state index contributed by atoms with van der Waals surface area (Å²) in [7, 11) is 0. The fourth-order valence-corrected chi connectivity index (χ4v) is 5.17. The molecule has 3 aromatic rings. The zero-order valence-corrected chi connectivity index (χ0v) is 23.6. The first-order valence-electron chi connectivity index (χ1n) is 13.9. The summed E-state index contributed by atoms with van der Waals surface area (Å²) in [5.41, 5.74) is 8.66. The van der Waals surface area contributed by atoms with E-state index in [0.717, 1.165) is 11.1 Å². The van der Waals surface area contributed by atoms with Crippen LogP contribution in [0, 0.1) is 0 Å². The molecule has 0 unspecified atom stereocenters. The van der Waals surface area contributed by atoms with Crippen LogP contribution in [-0.4, -0.2) is 47.0 Å². The van der Waals surface area contributed by atoms with Crippen LogP contribution in [0.2, 0.25) is 5.02 Å². The van der Waals surface area contributed by atoms with E-state index in [0.29, 0.717) is 48.5 Å². The van der Waals surface area contributed by atoms with Crippen LogP contribution < -0.4 is 16.4 Å². The second-order valence-corrected chi connectivity index (χ2v) is 10.6. The number of anilines is 1. The summed E-state index contributed by atoms with van der Waals surface area (Å²) in [6, 6.07) is 21.6. The molecular formula is C32H35ClN4O4. The number of unbranched alkanes of at least 4 members (excludes halogenated alkanes) is 1. The molecule has 0 bridgehead atoms. The summed E-state index contributed by atoms with van der Waals surface area (Å²) < 4.78 is 0. The molecule has 1 aliphatic rings. The highest BCUT2D eigenvalue weighted by Crippen LogP contribution is 2.25. The average molecular weight is 575 g/mol. The third-order valence-electron chi connectivity index (χ3n) is 7.21. The molecule has 214 valence electrons. The van der Waals surface area contributed by atoms with E-state index in [1.807, 2.05) is 30.3 Å². The summed E-state index contributed by atoms with van der Waals surface area (Å²) in [6.07, 6.45) is 2.06. The number of fused-ring (bicyclic) bond motifs is 1. The Kier molecular flexibility index (Phi) is 10.6. The van der Waals surface area contributed by atoms with Gasteiger partial charge in [0.2, 0.25) is 17.7 Å². The number of nitrogens with zero attached hydrogens (tertiary/aromatic N) is 1. The van der Waals surface area contributed by atoms with Gasteiger partial charge in [0, 0.05) is 42.1 Å². The van der Waals surface area contributed by atoms with Crippen molar-refractivity contribution in [2.45, 2.75) is 57.2 Å². The molecule has 0 fully saturated rings. The minimum Gasteiger partial charge on any atom is -0.342 e. The van der Waals surface area contributed by atoms with Crippen molar-refractivity contribution in [2.24, 2.45) is 5.73 Å². The Labute approximate surface area is 245 Å². The number of ketones is 1. The summed E-state index contributed by atoms with van der Waals surface area (Å²) in [5, 5.41) is 6.21. The smallest absolute Gasteiger partial charge is 0.246 e. The number of hydrogen-bond acceptors (Lipinski definition) is 5. The highest BCUT2D eigenvalue weighted by molar-refractivity contribution is 6.30. The first-order valence-corrected chi connectivity index (χ1v) is 14.2. The van der Waals surface area contributed by atoms with E-state index in [9.17, 15) is 19.2 Å². The summed E-state index contributed by atoms with van der Waals surface area (Å²) in [4.78, 5) is 54.6. The molecule has 0 saturated carbocycles. The van der Waals surface area contributed by atoms with Gasteiger partial charge in [-0.2, -0.15) is 0 Å². The normalized spacial score (nSPS) is 15.0. The van der Waals surface area contributed by atoms with Gasteiger partial charge < -0.3 is 21.3 Å². The van der Waals surface area contributed by atoms with Gasteiger partial charge >= 0.3 is 0 Å². The van der Waals surface area contributed by atoms with E-state index < -0.39 is 18.0 Å². The van der Waals surface area contributed by atoms with Crippen LogP contribution in [0.4, 0.5) is 5.69 Å². The lowest BCUT2D eigenvalue weighted by Gasteiger charge is -2.37. The van der Waals surface area contributed by atoms with Crippen molar-refractivity contribution >= 4 is 40.8 Å². The van der Waals surface area contributed by atoms with Crippen molar-refractivity contribution in [2.75, 3.05) is 11.9 Å². The molecule has 0 spiro atoms. The molecule has 1 heterocycles. The van der Waals surface area contributed by atoms with Gasteiger partial charge in [0.25, 0.3) is 0 Å². The molecule has 8 nitrogen and oxygen atoms in total. The van der Waals surface area contributed by atoms with E-state index in [-0.39, 0.29) is 37.0 Å². The number of carbonyl (C=O) groups is 4. The third kappa shape index (κ3) is 8.25. The number of benzene rings is 3. The van der Waals surface area contributed by atoms with Crippen LogP contribution >= 0.6 is 11.6 Å². The maximum atomic E-state index is 13.7. The minimum atomic E-state index is -0.832. The number of hydrogen-bond donors (Lipinski definition) is 3. The molecule has 0 saturated heterocycles. The monoisotopic (exact) mass is 574 g/mol. The summed E-state index contributed by atoms with van der Waals surface area (Å²) >= 11 is 6.07. The van der Waals surface area contributed by atoms with Gasteiger partial charge in [-0.15, -0.1) is 0 Å². The lowest BCUT2D eigenvalue weighted by atomic mass is 9.92. The van der Waals surface area contributed by atoms with Crippen LogP contribution in [0.1, 0.15) is 53.6 Å². The van der Waals surface area contributed by atoms with E-state index >= 15 is 0 Å². The number of carbonyl (C=O) groups excluding carboxylic acids is 4. The first kappa shape index (κ1) is 30.0. The van der Waals surface area contributed by atoms with Crippen LogP contribution in [-0.2, 0) is 27.3 Å². The molecule has 4 N–H and O–H groups in total. The van der Waals surface area contributed by atoms with Crippen molar-refractivity contribution < 1.29 is 19.2 Å². The molecule has 0 radical (unpaired) electrons. The second kappa shape index (κ2) is 14.6. The van der Waals surface area contributed by atoms with Gasteiger partial charge in [0.15, 0.2) is 5.78 Å². The van der Waals surface area contributed by atoms with Crippen LogP contribution in [0.15, 0.2) is 78.9 Å². The van der Waals surface area contributed by atoms with Gasteiger partial charge in [0.1, 0.15) is 12.1 Å².